The molecule has 2 aromatic carbocycles. The Morgan fingerprint density at radius 2 is 1.42 bits per heavy atom. The van der Waals surface area contributed by atoms with E-state index in [1.165, 1.54) is 27.4 Å². The van der Waals surface area contributed by atoms with Crippen molar-refractivity contribution < 1.29 is 0 Å². The van der Waals surface area contributed by atoms with E-state index in [4.69, 9.17) is 0 Å². The van der Waals surface area contributed by atoms with Crippen LogP contribution in [0.5, 0.6) is 0 Å². The molecule has 0 aliphatic heterocycles. The van der Waals surface area contributed by atoms with E-state index in [1.54, 1.807) is 0 Å². The average Bonchev–Trinajstić information content (AvgIpc) is 3.03. The number of fused-ring (bicyclic) bond motifs is 3. The molecule has 1 heteroatoms. The predicted molar refractivity (Wildman–Crippen MR) is 111 cm³/mol. The third kappa shape index (κ3) is 2.39. The SMILES string of the molecule is CC1C=CC=CC1C1=CC=CC(n2c3ccccc3c3ccccc32)C1. The first-order chi connectivity index (χ1) is 12.8. The van der Waals surface area contributed by atoms with Crippen molar-refractivity contribution in [2.24, 2.45) is 11.8 Å². The zero-order chi connectivity index (χ0) is 17.5. The number of nitrogens with zero attached hydrogens (tertiary/aromatic N) is 1. The summed E-state index contributed by atoms with van der Waals surface area (Å²) in [5.74, 6) is 1.08. The Morgan fingerprint density at radius 1 is 0.769 bits per heavy atom. The summed E-state index contributed by atoms with van der Waals surface area (Å²) < 4.78 is 2.53. The third-order valence-electron chi connectivity index (χ3n) is 5.88. The molecule has 2 aliphatic carbocycles. The quantitative estimate of drug-likeness (QED) is 0.496. The van der Waals surface area contributed by atoms with Crippen LogP contribution in [0.1, 0.15) is 19.4 Å². The largest absolute Gasteiger partial charge is 0.333 e. The topological polar surface area (TPSA) is 4.93 Å². The number of allylic oxidation sites excluding steroid dienone is 8. The van der Waals surface area contributed by atoms with Gasteiger partial charge < -0.3 is 4.57 Å². The fourth-order valence-electron chi connectivity index (χ4n) is 4.60. The summed E-state index contributed by atoms with van der Waals surface area (Å²) in [7, 11) is 0. The number of hydrogen-bond acceptors (Lipinski definition) is 0. The van der Waals surface area contributed by atoms with Crippen LogP contribution in [0.15, 0.2) is 96.6 Å². The Labute approximate surface area is 154 Å². The lowest BCUT2D eigenvalue weighted by Gasteiger charge is -2.29. The molecule has 3 atom stereocenters. The maximum atomic E-state index is 2.53. The van der Waals surface area contributed by atoms with Crippen molar-refractivity contribution in [3.8, 4) is 0 Å². The van der Waals surface area contributed by atoms with Gasteiger partial charge in [0.1, 0.15) is 0 Å². The smallest absolute Gasteiger partial charge is 0.0563 e. The van der Waals surface area contributed by atoms with Gasteiger partial charge >= 0.3 is 0 Å². The molecule has 0 bridgehead atoms. The van der Waals surface area contributed by atoms with Crippen LogP contribution in [0, 0.1) is 11.8 Å². The van der Waals surface area contributed by atoms with Crippen molar-refractivity contribution in [2.45, 2.75) is 19.4 Å². The molecule has 0 N–H and O–H groups in total. The fourth-order valence-corrected chi connectivity index (χ4v) is 4.60. The van der Waals surface area contributed by atoms with Gasteiger partial charge in [0.15, 0.2) is 0 Å². The molecule has 1 heterocycles. The van der Waals surface area contributed by atoms with Crippen molar-refractivity contribution in [2.75, 3.05) is 0 Å². The summed E-state index contributed by atoms with van der Waals surface area (Å²) in [4.78, 5) is 0. The fraction of sp³-hybridized carbons (Fsp3) is 0.200. The van der Waals surface area contributed by atoms with Crippen LogP contribution in [0.2, 0.25) is 0 Å². The molecule has 1 nitrogen and oxygen atoms in total. The average molecular weight is 337 g/mol. The molecule has 1 aromatic heterocycles. The van der Waals surface area contributed by atoms with E-state index >= 15 is 0 Å². The maximum absolute atomic E-state index is 2.53. The van der Waals surface area contributed by atoms with Crippen LogP contribution < -0.4 is 0 Å². The summed E-state index contributed by atoms with van der Waals surface area (Å²) in [5, 5.41) is 2.70. The van der Waals surface area contributed by atoms with E-state index in [9.17, 15) is 0 Å². The van der Waals surface area contributed by atoms with Crippen LogP contribution >= 0.6 is 0 Å². The van der Waals surface area contributed by atoms with Crippen LogP contribution in [0.3, 0.4) is 0 Å². The molecule has 0 amide bonds. The van der Waals surface area contributed by atoms with Gasteiger partial charge in [0, 0.05) is 27.7 Å². The van der Waals surface area contributed by atoms with E-state index in [1.807, 2.05) is 0 Å². The lowest BCUT2D eigenvalue weighted by molar-refractivity contribution is 0.518. The Hall–Kier alpha value is -2.80. The molecule has 0 saturated heterocycles. The summed E-state index contributed by atoms with van der Waals surface area (Å²) in [6.45, 7) is 2.32. The van der Waals surface area contributed by atoms with Gasteiger partial charge in [0.05, 0.1) is 6.04 Å². The molecule has 0 radical (unpaired) electrons. The van der Waals surface area contributed by atoms with E-state index in [0.29, 0.717) is 17.9 Å². The number of hydrogen-bond donors (Lipinski definition) is 0. The number of para-hydroxylation sites is 2. The Bertz CT molecular complexity index is 1040. The first kappa shape index (κ1) is 15.5. The second kappa shape index (κ2) is 6.17. The molecular weight excluding hydrogens is 314 g/mol. The zero-order valence-electron chi connectivity index (χ0n) is 15.0. The molecule has 0 spiro atoms. The molecule has 128 valence electrons. The summed E-state index contributed by atoms with van der Waals surface area (Å²) >= 11 is 0. The highest BCUT2D eigenvalue weighted by Crippen LogP contribution is 2.39. The zero-order valence-corrected chi connectivity index (χ0v) is 15.0. The Balaban J connectivity index is 1.60. The lowest BCUT2D eigenvalue weighted by Crippen LogP contribution is -2.17. The first-order valence-electron chi connectivity index (χ1n) is 9.53. The number of benzene rings is 2. The lowest BCUT2D eigenvalue weighted by atomic mass is 9.80. The number of rotatable bonds is 2. The molecular formula is C25H23N. The molecule has 3 unspecified atom stereocenters. The van der Waals surface area contributed by atoms with Gasteiger partial charge in [-0.3, -0.25) is 0 Å². The minimum atomic E-state index is 0.367. The highest BCUT2D eigenvalue weighted by Gasteiger charge is 2.24. The Kier molecular flexibility index (Phi) is 3.67. The minimum absolute atomic E-state index is 0.367. The number of aromatic nitrogens is 1. The predicted octanol–water partition coefficient (Wildman–Crippen LogP) is 6.60. The molecule has 0 saturated carbocycles. The molecule has 2 aliphatic rings. The molecule has 5 rings (SSSR count). The van der Waals surface area contributed by atoms with Gasteiger partial charge in [-0.1, -0.05) is 91.4 Å². The normalized spacial score (nSPS) is 25.1. The van der Waals surface area contributed by atoms with E-state index < -0.39 is 0 Å². The van der Waals surface area contributed by atoms with Gasteiger partial charge in [-0.15, -0.1) is 0 Å². The van der Waals surface area contributed by atoms with Crippen molar-refractivity contribution >= 4 is 21.8 Å². The van der Waals surface area contributed by atoms with Gasteiger partial charge in [-0.2, -0.15) is 0 Å². The highest BCUT2D eigenvalue weighted by atomic mass is 15.0. The van der Waals surface area contributed by atoms with E-state index in [2.05, 4.69) is 103 Å². The van der Waals surface area contributed by atoms with E-state index in [0.717, 1.165) is 6.42 Å². The van der Waals surface area contributed by atoms with Gasteiger partial charge in [0.25, 0.3) is 0 Å². The monoisotopic (exact) mass is 337 g/mol. The van der Waals surface area contributed by atoms with Crippen molar-refractivity contribution in [1.82, 2.24) is 4.57 Å². The third-order valence-corrected chi connectivity index (χ3v) is 5.88. The Morgan fingerprint density at radius 3 is 2.12 bits per heavy atom. The first-order valence-corrected chi connectivity index (χ1v) is 9.53. The minimum Gasteiger partial charge on any atom is -0.333 e. The van der Waals surface area contributed by atoms with Crippen molar-refractivity contribution in [3.05, 3.63) is 96.6 Å². The van der Waals surface area contributed by atoms with Crippen LogP contribution in [0.25, 0.3) is 21.8 Å². The summed E-state index contributed by atoms with van der Waals surface area (Å²) in [5.41, 5.74) is 4.20. The van der Waals surface area contributed by atoms with Crippen molar-refractivity contribution in [1.29, 1.82) is 0 Å². The standard InChI is InChI=1S/C25H23N/c1-18-9-2-3-12-21(18)19-10-8-11-20(17-19)26-24-15-6-4-13-22(24)23-14-5-7-16-25(23)26/h2-16,18,20-21H,17H2,1H3. The summed E-state index contributed by atoms with van der Waals surface area (Å²) in [6, 6.07) is 18.0. The highest BCUT2D eigenvalue weighted by molar-refractivity contribution is 6.08. The molecule has 3 aromatic rings. The van der Waals surface area contributed by atoms with E-state index in [-0.39, 0.29) is 0 Å². The second-order valence-corrected chi connectivity index (χ2v) is 7.46. The van der Waals surface area contributed by atoms with Gasteiger partial charge in [-0.05, 0) is 24.5 Å². The van der Waals surface area contributed by atoms with Crippen LogP contribution in [-0.4, -0.2) is 4.57 Å². The molecule has 26 heavy (non-hydrogen) atoms. The maximum Gasteiger partial charge on any atom is 0.0563 e. The van der Waals surface area contributed by atoms with Crippen LogP contribution in [0.4, 0.5) is 0 Å². The van der Waals surface area contributed by atoms with Crippen molar-refractivity contribution in [3.63, 3.8) is 0 Å². The molecule has 0 fully saturated rings. The van der Waals surface area contributed by atoms with Gasteiger partial charge in [-0.25, -0.2) is 0 Å². The van der Waals surface area contributed by atoms with Gasteiger partial charge in [0.2, 0.25) is 0 Å². The summed E-state index contributed by atoms with van der Waals surface area (Å²) in [6.07, 6.45) is 17.1. The van der Waals surface area contributed by atoms with Crippen LogP contribution in [-0.2, 0) is 0 Å². The second-order valence-electron chi connectivity index (χ2n) is 7.46.